The summed E-state index contributed by atoms with van der Waals surface area (Å²) in [6.07, 6.45) is 10.0. The summed E-state index contributed by atoms with van der Waals surface area (Å²) >= 11 is 1.58. The van der Waals surface area contributed by atoms with Crippen molar-refractivity contribution in [3.05, 3.63) is 112 Å². The van der Waals surface area contributed by atoms with E-state index >= 15 is 0 Å². The van der Waals surface area contributed by atoms with E-state index in [4.69, 9.17) is 0 Å². The van der Waals surface area contributed by atoms with Crippen LogP contribution in [0.15, 0.2) is 78.9 Å². The predicted molar refractivity (Wildman–Crippen MR) is 114 cm³/mol. The number of hydrogen-bond acceptors (Lipinski definition) is 0. The van der Waals surface area contributed by atoms with E-state index in [0.29, 0.717) is 0 Å². The minimum absolute atomic E-state index is 0. The van der Waals surface area contributed by atoms with Gasteiger partial charge in [-0.1, -0.05) is 0 Å². The van der Waals surface area contributed by atoms with Gasteiger partial charge < -0.3 is 14.9 Å². The standard InChI is InChI=1S/2C6H5.C5H5.2CH3.2BrH.H2Si.Zr/c2*1-2-4-6-5-3-1;1-2-4-5-3-1;;;;;;/h2*1-5H;1-3H,4H2;2*1H3;2*1H;1H2;/q5*-1;;;;. The zero-order valence-electron chi connectivity index (χ0n) is 13.7. The van der Waals surface area contributed by atoms with Crippen LogP contribution in [0.1, 0.15) is 6.42 Å². The van der Waals surface area contributed by atoms with Gasteiger partial charge >= 0.3 is 30.2 Å². The minimum atomic E-state index is 0. The smallest absolute Gasteiger partial charge is 0.171 e. The number of hydrogen-bond donors (Lipinski definition) is 0. The molecule has 1 aliphatic rings. The maximum Gasteiger partial charge on any atom is -0.171 e. The van der Waals surface area contributed by atoms with E-state index in [1.54, 1.807) is 23.3 Å². The van der Waals surface area contributed by atoms with Crippen LogP contribution in [0.25, 0.3) is 0 Å². The summed E-state index contributed by atoms with van der Waals surface area (Å²) in [5.74, 6) is 0. The normalized spacial score (nSPS) is 8.13. The van der Waals surface area contributed by atoms with Gasteiger partial charge in [0, 0.05) is 0 Å². The van der Waals surface area contributed by atoms with Crippen LogP contribution >= 0.6 is 34.0 Å². The molecule has 0 unspecified atom stereocenters. The predicted octanol–water partition coefficient (Wildman–Crippen LogP) is 5.42. The van der Waals surface area contributed by atoms with E-state index in [1.807, 2.05) is 79.7 Å². The van der Waals surface area contributed by atoms with Gasteiger partial charge in [-0.15, -0.1) is 40.4 Å². The molecule has 2 aromatic rings. The van der Waals surface area contributed by atoms with Gasteiger partial charge in [0.05, 0.1) is 0 Å². The van der Waals surface area contributed by atoms with Crippen LogP contribution in [-0.2, 0) is 23.3 Å². The number of benzene rings is 2. The monoisotopic (exact) mass is 529 g/mol. The van der Waals surface area contributed by atoms with Gasteiger partial charge in [0.15, 0.2) is 0 Å². The second-order valence-electron chi connectivity index (χ2n) is 3.16. The second kappa shape index (κ2) is 33.6. The first-order valence-electron chi connectivity index (χ1n) is 5.89. The van der Waals surface area contributed by atoms with E-state index in [-0.39, 0.29) is 48.8 Å². The van der Waals surface area contributed by atoms with Gasteiger partial charge in [-0.05, 0) is 0 Å². The molecule has 2 aromatic carbocycles. The molecule has 0 aliphatic heterocycles. The average Bonchev–Trinajstić information content (AvgIpc) is 3.13. The molecule has 3 rings (SSSR count). The van der Waals surface area contributed by atoms with Gasteiger partial charge in [-0.2, -0.15) is 78.9 Å². The summed E-state index contributed by atoms with van der Waals surface area (Å²) in [6, 6.07) is 25.0. The molecule has 0 aromatic heterocycles. The first-order chi connectivity index (χ1) is 9.50. The second-order valence-corrected chi connectivity index (χ2v) is 3.16. The summed E-state index contributed by atoms with van der Waals surface area (Å²) < 4.78 is 0. The van der Waals surface area contributed by atoms with Crippen molar-refractivity contribution in [3.63, 3.8) is 0 Å². The topological polar surface area (TPSA) is 0 Å². The zero-order chi connectivity index (χ0) is 14.0. The quantitative estimate of drug-likeness (QED) is 0.314. The van der Waals surface area contributed by atoms with Crippen molar-refractivity contribution in [2.24, 2.45) is 0 Å². The molecular weight excluding hydrogens is 507 g/mol. The van der Waals surface area contributed by atoms with Crippen molar-refractivity contribution >= 4 is 40.8 Å². The third-order valence-corrected chi connectivity index (χ3v) is 1.80. The minimum Gasteiger partial charge on any atom is -0.184 e. The van der Waals surface area contributed by atoms with Crippen molar-refractivity contribution in [2.75, 3.05) is 0 Å². The van der Waals surface area contributed by atoms with E-state index in [9.17, 15) is 0 Å². The Morgan fingerprint density at radius 1 is 0.696 bits per heavy atom. The molecular formula is C19H25Br2SiZr-5. The van der Waals surface area contributed by atoms with Crippen LogP contribution in [0.3, 0.4) is 0 Å². The molecule has 0 heterocycles. The van der Waals surface area contributed by atoms with Gasteiger partial charge in [-0.3, -0.25) is 6.08 Å². The van der Waals surface area contributed by atoms with Crippen LogP contribution in [-0.4, -0.2) is 6.88 Å². The fraction of sp³-hybridized carbons (Fsp3) is 0.0526. The van der Waals surface area contributed by atoms with Gasteiger partial charge in [0.1, 0.15) is 0 Å². The van der Waals surface area contributed by atoms with Crippen LogP contribution in [0.4, 0.5) is 0 Å². The van der Waals surface area contributed by atoms with E-state index < -0.39 is 0 Å². The Morgan fingerprint density at radius 2 is 1.09 bits per heavy atom. The Hall–Kier alpha value is -0.0200. The first kappa shape index (κ1) is 34.3. The molecule has 0 bridgehead atoms. The van der Waals surface area contributed by atoms with Crippen LogP contribution in [0.5, 0.6) is 0 Å². The summed E-state index contributed by atoms with van der Waals surface area (Å²) in [4.78, 5) is 0. The van der Waals surface area contributed by atoms with Gasteiger partial charge in [0.25, 0.3) is 0 Å². The van der Waals surface area contributed by atoms with Crippen LogP contribution in [0, 0.1) is 33.1 Å². The molecule has 4 heteroatoms. The van der Waals surface area contributed by atoms with Crippen molar-refractivity contribution in [1.82, 2.24) is 0 Å². The number of allylic oxidation sites excluding steroid dienone is 4. The van der Waals surface area contributed by atoms with E-state index in [2.05, 4.69) is 24.3 Å². The Bertz CT molecular complexity index is 339. The van der Waals surface area contributed by atoms with Crippen molar-refractivity contribution in [1.29, 1.82) is 0 Å². The summed E-state index contributed by atoms with van der Waals surface area (Å²) in [7, 11) is 0. The summed E-state index contributed by atoms with van der Waals surface area (Å²) in [5, 5.41) is 0. The van der Waals surface area contributed by atoms with Crippen molar-refractivity contribution < 1.29 is 23.3 Å². The first-order valence-corrected chi connectivity index (χ1v) is 11.8. The molecule has 0 radical (unpaired) electrons. The maximum absolute atomic E-state index is 2.99. The summed E-state index contributed by atoms with van der Waals surface area (Å²) in [5.41, 5.74) is 0. The molecule has 0 N–H and O–H groups in total. The Labute approximate surface area is 181 Å². The molecule has 0 spiro atoms. The molecule has 0 amide bonds. The largest absolute Gasteiger partial charge is 0.184 e. The molecule has 1 aliphatic carbocycles. The van der Waals surface area contributed by atoms with Gasteiger partial charge in [0.2, 0.25) is 0 Å². The SMILES string of the molecule is Br.Br.[C-]1=CC=CC1.[CH3-].[CH3-].[SiH2]=[Zr].[c-]1ccccc1.[c-]1ccccc1. The fourth-order valence-electron chi connectivity index (χ4n) is 1.02. The average molecular weight is 533 g/mol. The van der Waals surface area contributed by atoms with E-state index in [1.165, 1.54) is 0 Å². The Morgan fingerprint density at radius 3 is 1.17 bits per heavy atom. The molecule has 0 nitrogen and oxygen atoms in total. The Balaban J connectivity index is -0.0000000619. The molecule has 0 saturated carbocycles. The molecule has 23 heavy (non-hydrogen) atoms. The van der Waals surface area contributed by atoms with E-state index in [0.717, 1.165) is 6.42 Å². The van der Waals surface area contributed by atoms with Crippen LogP contribution < -0.4 is 0 Å². The fourth-order valence-corrected chi connectivity index (χ4v) is 1.02. The molecule has 0 fully saturated rings. The Kier molecular flexibility index (Phi) is 50.1. The third kappa shape index (κ3) is 30.4. The summed E-state index contributed by atoms with van der Waals surface area (Å²) in [6.45, 7) is 1.95. The van der Waals surface area contributed by atoms with Crippen molar-refractivity contribution in [2.45, 2.75) is 6.42 Å². The third-order valence-electron chi connectivity index (χ3n) is 1.80. The van der Waals surface area contributed by atoms with Gasteiger partial charge in [-0.25, -0.2) is 12.2 Å². The number of rotatable bonds is 0. The maximum atomic E-state index is 2.99. The molecule has 0 saturated heterocycles. The molecule has 0 atom stereocenters. The number of halogens is 2. The van der Waals surface area contributed by atoms with Crippen LogP contribution in [0.2, 0.25) is 0 Å². The van der Waals surface area contributed by atoms with Crippen molar-refractivity contribution in [3.8, 4) is 0 Å². The molecule has 128 valence electrons. The zero-order valence-corrected chi connectivity index (χ0v) is 21.0.